The van der Waals surface area contributed by atoms with Gasteiger partial charge in [-0.1, -0.05) is 0 Å². The maximum absolute atomic E-state index is 12.8. The number of aromatic nitrogens is 2. The first kappa shape index (κ1) is 15.9. The molecule has 1 aromatic heterocycles. The topological polar surface area (TPSA) is 53.7 Å². The summed E-state index contributed by atoms with van der Waals surface area (Å²) in [4.78, 5) is 19.2. The molecule has 2 aromatic rings. The number of imidazole rings is 1. The molecule has 0 saturated carbocycles. The smallest absolute Gasteiger partial charge is 0.253 e. The number of hydrazone groups is 1. The number of aryl methyl sites for hydroxylation is 1. The number of hydrogen-bond donors (Lipinski definition) is 0. The average Bonchev–Trinajstić information content (AvgIpc) is 3.35. The molecule has 1 saturated heterocycles. The summed E-state index contributed by atoms with van der Waals surface area (Å²) in [6, 6.07) is 7.80. The Morgan fingerprint density at radius 3 is 2.64 bits per heavy atom. The molecule has 4 rings (SSSR count). The SMILES string of the molecule is CC1=NN(c2ccc(C(=O)N3CCC(c4nccn4C)C3)cc2)CC1. The molecule has 0 radical (unpaired) electrons. The van der Waals surface area contributed by atoms with Gasteiger partial charge in [0.05, 0.1) is 5.69 Å². The predicted molar refractivity (Wildman–Crippen MR) is 98.0 cm³/mol. The van der Waals surface area contributed by atoms with E-state index >= 15 is 0 Å². The van der Waals surface area contributed by atoms with Gasteiger partial charge in [0, 0.05) is 62.7 Å². The third-order valence-electron chi connectivity index (χ3n) is 5.09. The minimum atomic E-state index is 0.101. The molecule has 0 aliphatic carbocycles. The molecule has 2 aliphatic rings. The molecule has 1 atom stereocenters. The van der Waals surface area contributed by atoms with Crippen molar-refractivity contribution in [3.8, 4) is 0 Å². The van der Waals surface area contributed by atoms with Gasteiger partial charge in [0.1, 0.15) is 5.82 Å². The Hall–Kier alpha value is -2.63. The van der Waals surface area contributed by atoms with Crippen LogP contribution in [0.2, 0.25) is 0 Å². The first-order valence-electron chi connectivity index (χ1n) is 8.80. The van der Waals surface area contributed by atoms with Gasteiger partial charge in [-0.25, -0.2) is 4.98 Å². The highest BCUT2D eigenvalue weighted by atomic mass is 16.2. The number of anilines is 1. The molecule has 130 valence electrons. The Morgan fingerprint density at radius 2 is 2.00 bits per heavy atom. The number of nitrogens with zero attached hydrogens (tertiary/aromatic N) is 5. The quantitative estimate of drug-likeness (QED) is 0.865. The van der Waals surface area contributed by atoms with Gasteiger partial charge in [0.25, 0.3) is 5.91 Å². The number of likely N-dealkylation sites (tertiary alicyclic amines) is 1. The number of rotatable bonds is 3. The van der Waals surface area contributed by atoms with Crippen LogP contribution in [-0.2, 0) is 7.05 Å². The van der Waals surface area contributed by atoms with Crippen LogP contribution in [0.4, 0.5) is 5.69 Å². The van der Waals surface area contributed by atoms with E-state index in [2.05, 4.69) is 10.1 Å². The summed E-state index contributed by atoms with van der Waals surface area (Å²) in [5.41, 5.74) is 2.93. The minimum absolute atomic E-state index is 0.101. The van der Waals surface area contributed by atoms with E-state index in [4.69, 9.17) is 0 Å². The average molecular weight is 337 g/mol. The van der Waals surface area contributed by atoms with Gasteiger partial charge in [-0.3, -0.25) is 9.80 Å². The molecule has 1 amide bonds. The normalized spacial score (nSPS) is 20.2. The molecule has 3 heterocycles. The van der Waals surface area contributed by atoms with Crippen LogP contribution in [0.25, 0.3) is 0 Å². The van der Waals surface area contributed by atoms with Crippen LogP contribution in [0.15, 0.2) is 41.8 Å². The van der Waals surface area contributed by atoms with Gasteiger partial charge in [0.2, 0.25) is 0 Å². The van der Waals surface area contributed by atoms with Crippen LogP contribution in [0.1, 0.15) is 41.9 Å². The molecule has 6 nitrogen and oxygen atoms in total. The van der Waals surface area contributed by atoms with Gasteiger partial charge in [0.15, 0.2) is 0 Å². The Balaban J connectivity index is 1.44. The molecule has 2 aliphatic heterocycles. The summed E-state index contributed by atoms with van der Waals surface area (Å²) in [6.07, 6.45) is 5.75. The number of amides is 1. The van der Waals surface area contributed by atoms with Gasteiger partial charge < -0.3 is 9.47 Å². The second kappa shape index (κ2) is 6.35. The van der Waals surface area contributed by atoms with Crippen molar-refractivity contribution in [2.24, 2.45) is 12.1 Å². The summed E-state index contributed by atoms with van der Waals surface area (Å²) >= 11 is 0. The zero-order valence-electron chi connectivity index (χ0n) is 14.7. The van der Waals surface area contributed by atoms with Crippen molar-refractivity contribution in [1.82, 2.24) is 14.5 Å². The van der Waals surface area contributed by atoms with E-state index in [0.29, 0.717) is 5.92 Å². The summed E-state index contributed by atoms with van der Waals surface area (Å²) in [5.74, 6) is 1.49. The zero-order valence-corrected chi connectivity index (χ0v) is 14.7. The maximum Gasteiger partial charge on any atom is 0.253 e. The highest BCUT2D eigenvalue weighted by molar-refractivity contribution is 5.95. The third-order valence-corrected chi connectivity index (χ3v) is 5.09. The minimum Gasteiger partial charge on any atom is -0.338 e. The van der Waals surface area contributed by atoms with E-state index in [1.807, 2.05) is 65.1 Å². The van der Waals surface area contributed by atoms with Crippen molar-refractivity contribution in [2.45, 2.75) is 25.7 Å². The van der Waals surface area contributed by atoms with Gasteiger partial charge in [-0.05, 0) is 37.6 Å². The van der Waals surface area contributed by atoms with E-state index in [-0.39, 0.29) is 5.91 Å². The molecule has 0 bridgehead atoms. The fourth-order valence-electron chi connectivity index (χ4n) is 3.65. The van der Waals surface area contributed by atoms with Gasteiger partial charge in [-0.15, -0.1) is 0 Å². The number of carbonyl (C=O) groups excluding carboxylic acids is 1. The van der Waals surface area contributed by atoms with E-state index in [9.17, 15) is 4.79 Å². The molecular formula is C19H23N5O. The van der Waals surface area contributed by atoms with Crippen LogP contribution in [0, 0.1) is 0 Å². The fourth-order valence-corrected chi connectivity index (χ4v) is 3.65. The van der Waals surface area contributed by atoms with Crippen molar-refractivity contribution >= 4 is 17.3 Å². The lowest BCUT2D eigenvalue weighted by Crippen LogP contribution is -2.28. The van der Waals surface area contributed by atoms with Crippen LogP contribution < -0.4 is 5.01 Å². The first-order valence-corrected chi connectivity index (χ1v) is 8.80. The molecule has 6 heteroatoms. The highest BCUT2D eigenvalue weighted by Gasteiger charge is 2.30. The lowest BCUT2D eigenvalue weighted by molar-refractivity contribution is 0.0790. The number of hydrogen-bond acceptors (Lipinski definition) is 4. The van der Waals surface area contributed by atoms with Crippen molar-refractivity contribution < 1.29 is 4.79 Å². The Labute approximate surface area is 147 Å². The lowest BCUT2D eigenvalue weighted by Gasteiger charge is -2.18. The van der Waals surface area contributed by atoms with Crippen LogP contribution in [-0.4, -0.2) is 45.7 Å². The largest absolute Gasteiger partial charge is 0.338 e. The molecule has 0 N–H and O–H groups in total. The second-order valence-electron chi connectivity index (χ2n) is 6.89. The molecule has 1 unspecified atom stereocenters. The van der Waals surface area contributed by atoms with E-state index in [1.54, 1.807) is 0 Å². The highest BCUT2D eigenvalue weighted by Crippen LogP contribution is 2.27. The van der Waals surface area contributed by atoms with Gasteiger partial charge in [-0.2, -0.15) is 5.10 Å². The van der Waals surface area contributed by atoms with Crippen molar-refractivity contribution in [3.05, 3.63) is 48.0 Å². The molecule has 25 heavy (non-hydrogen) atoms. The molecule has 0 spiro atoms. The first-order chi connectivity index (χ1) is 12.1. The molecular weight excluding hydrogens is 314 g/mol. The zero-order chi connectivity index (χ0) is 17.4. The maximum atomic E-state index is 12.8. The fraction of sp³-hybridized carbons (Fsp3) is 0.421. The monoisotopic (exact) mass is 337 g/mol. The second-order valence-corrected chi connectivity index (χ2v) is 6.89. The lowest BCUT2D eigenvalue weighted by atomic mass is 10.1. The van der Waals surface area contributed by atoms with Crippen molar-refractivity contribution in [2.75, 3.05) is 24.6 Å². The van der Waals surface area contributed by atoms with Gasteiger partial charge >= 0.3 is 0 Å². The number of benzene rings is 1. The predicted octanol–water partition coefficient (Wildman–Crippen LogP) is 2.64. The Kier molecular flexibility index (Phi) is 4.03. The third kappa shape index (κ3) is 3.04. The van der Waals surface area contributed by atoms with E-state index in [0.717, 1.165) is 55.3 Å². The number of carbonyl (C=O) groups is 1. The molecule has 1 aromatic carbocycles. The summed E-state index contributed by atoms with van der Waals surface area (Å²) in [6.45, 7) is 4.48. The van der Waals surface area contributed by atoms with Crippen molar-refractivity contribution in [3.63, 3.8) is 0 Å². The van der Waals surface area contributed by atoms with E-state index < -0.39 is 0 Å². The van der Waals surface area contributed by atoms with Crippen LogP contribution >= 0.6 is 0 Å². The summed E-state index contributed by atoms with van der Waals surface area (Å²) in [5, 5.41) is 6.50. The van der Waals surface area contributed by atoms with Crippen LogP contribution in [0.3, 0.4) is 0 Å². The molecule has 1 fully saturated rings. The van der Waals surface area contributed by atoms with Crippen LogP contribution in [0.5, 0.6) is 0 Å². The standard InChI is InChI=1S/C19H23N5O/c1-14-7-11-24(21-14)17-5-3-15(4-6-17)19(25)23-10-8-16(13-23)18-20-9-12-22(18)2/h3-6,9,12,16H,7-8,10-11,13H2,1-2H3. The van der Waals surface area contributed by atoms with Crippen molar-refractivity contribution in [1.29, 1.82) is 0 Å². The van der Waals surface area contributed by atoms with E-state index in [1.165, 1.54) is 0 Å². The Morgan fingerprint density at radius 1 is 1.20 bits per heavy atom. The summed E-state index contributed by atoms with van der Waals surface area (Å²) in [7, 11) is 2.01. The Bertz CT molecular complexity index is 807. The summed E-state index contributed by atoms with van der Waals surface area (Å²) < 4.78 is 2.05.